The lowest BCUT2D eigenvalue weighted by Gasteiger charge is -2.15. The zero-order valence-corrected chi connectivity index (χ0v) is 15.4. The Morgan fingerprint density at radius 3 is 2.80 bits per heavy atom. The Kier molecular flexibility index (Phi) is 5.78. The Morgan fingerprint density at radius 2 is 2.20 bits per heavy atom. The van der Waals surface area contributed by atoms with E-state index in [9.17, 15) is 8.42 Å². The largest absolute Gasteiger partial charge is 0.477 e. The fourth-order valence-electron chi connectivity index (χ4n) is 2.67. The lowest BCUT2D eigenvalue weighted by Crippen LogP contribution is -2.44. The number of aliphatic imine (C=N–C) groups is 1. The Balaban J connectivity index is 1.53. The fraction of sp³-hybridized carbons (Fsp3) is 0.647. The van der Waals surface area contributed by atoms with Crippen LogP contribution in [0.5, 0.6) is 5.88 Å². The van der Waals surface area contributed by atoms with Crippen molar-refractivity contribution in [1.29, 1.82) is 0 Å². The highest BCUT2D eigenvalue weighted by Crippen LogP contribution is 2.29. The predicted octanol–water partition coefficient (Wildman–Crippen LogP) is 1.11. The maximum atomic E-state index is 11.6. The van der Waals surface area contributed by atoms with Crippen LogP contribution in [0.2, 0.25) is 0 Å². The van der Waals surface area contributed by atoms with Crippen molar-refractivity contribution in [3.05, 3.63) is 23.9 Å². The van der Waals surface area contributed by atoms with Gasteiger partial charge in [-0.3, -0.25) is 0 Å². The lowest BCUT2D eigenvalue weighted by atomic mass is 10.3. The SMILES string of the molecule is CCNC(=NCc1ccc(OCC2CC2)nc1)NC1CCS(=O)(=O)C1. The van der Waals surface area contributed by atoms with Crippen LogP contribution in [0.25, 0.3) is 0 Å². The lowest BCUT2D eigenvalue weighted by molar-refractivity contribution is 0.288. The third-order valence-corrected chi connectivity index (χ3v) is 6.07. The highest BCUT2D eigenvalue weighted by Gasteiger charge is 2.28. The third kappa shape index (κ3) is 5.88. The van der Waals surface area contributed by atoms with E-state index in [0.717, 1.165) is 18.7 Å². The number of ether oxygens (including phenoxy) is 1. The fourth-order valence-corrected chi connectivity index (χ4v) is 4.34. The summed E-state index contributed by atoms with van der Waals surface area (Å²) in [7, 11) is -2.90. The summed E-state index contributed by atoms with van der Waals surface area (Å²) in [4.78, 5) is 8.84. The van der Waals surface area contributed by atoms with Crippen LogP contribution in [0.15, 0.2) is 23.3 Å². The van der Waals surface area contributed by atoms with Crippen LogP contribution in [0.3, 0.4) is 0 Å². The van der Waals surface area contributed by atoms with E-state index in [2.05, 4.69) is 20.6 Å². The van der Waals surface area contributed by atoms with Gasteiger partial charge in [0.2, 0.25) is 5.88 Å². The molecule has 25 heavy (non-hydrogen) atoms. The Labute approximate surface area is 149 Å². The molecule has 1 saturated carbocycles. The molecule has 0 amide bonds. The number of pyridine rings is 1. The molecule has 0 bridgehead atoms. The molecule has 7 nitrogen and oxygen atoms in total. The maximum absolute atomic E-state index is 11.6. The van der Waals surface area contributed by atoms with Gasteiger partial charge in [-0.05, 0) is 37.7 Å². The molecule has 2 heterocycles. The highest BCUT2D eigenvalue weighted by atomic mass is 32.2. The van der Waals surface area contributed by atoms with Gasteiger partial charge in [0.05, 0.1) is 24.7 Å². The second-order valence-corrected chi connectivity index (χ2v) is 8.93. The van der Waals surface area contributed by atoms with Crippen molar-refractivity contribution in [3.63, 3.8) is 0 Å². The van der Waals surface area contributed by atoms with Gasteiger partial charge in [-0.2, -0.15) is 0 Å². The number of hydrogen-bond donors (Lipinski definition) is 2. The molecule has 2 N–H and O–H groups in total. The summed E-state index contributed by atoms with van der Waals surface area (Å²) in [6.45, 7) is 3.93. The second kappa shape index (κ2) is 8.03. The molecule has 2 fully saturated rings. The van der Waals surface area contributed by atoms with Gasteiger partial charge in [0, 0.05) is 24.8 Å². The van der Waals surface area contributed by atoms with Crippen molar-refractivity contribution in [2.75, 3.05) is 24.7 Å². The van der Waals surface area contributed by atoms with Crippen molar-refractivity contribution in [3.8, 4) is 5.88 Å². The molecule has 0 radical (unpaired) electrons. The predicted molar refractivity (Wildman–Crippen MR) is 97.5 cm³/mol. The molecule has 1 aliphatic carbocycles. The molecule has 1 aliphatic heterocycles. The summed E-state index contributed by atoms with van der Waals surface area (Å²) in [6.07, 6.45) is 4.92. The first kappa shape index (κ1) is 18.0. The summed E-state index contributed by atoms with van der Waals surface area (Å²) in [6, 6.07) is 3.76. The van der Waals surface area contributed by atoms with Crippen LogP contribution in [-0.4, -0.2) is 50.1 Å². The zero-order chi connectivity index (χ0) is 17.7. The van der Waals surface area contributed by atoms with Gasteiger partial charge < -0.3 is 15.4 Å². The van der Waals surface area contributed by atoms with E-state index in [0.29, 0.717) is 30.7 Å². The molecule has 1 unspecified atom stereocenters. The minimum atomic E-state index is -2.90. The first-order valence-electron chi connectivity index (χ1n) is 8.87. The number of nitrogens with zero attached hydrogens (tertiary/aromatic N) is 2. The molecule has 1 aromatic rings. The summed E-state index contributed by atoms with van der Waals surface area (Å²) < 4.78 is 28.8. The summed E-state index contributed by atoms with van der Waals surface area (Å²) >= 11 is 0. The number of hydrogen-bond acceptors (Lipinski definition) is 5. The standard InChI is InChI=1S/C17H26N4O3S/c1-2-18-17(21-15-7-8-25(22,23)12-15)20-10-14-5-6-16(19-9-14)24-11-13-3-4-13/h5-6,9,13,15H,2-4,7-8,10-12H2,1H3,(H2,18,20,21). The van der Waals surface area contributed by atoms with Gasteiger partial charge in [-0.15, -0.1) is 0 Å². The molecule has 1 saturated heterocycles. The molecule has 0 aromatic carbocycles. The van der Waals surface area contributed by atoms with Gasteiger partial charge in [0.15, 0.2) is 15.8 Å². The van der Waals surface area contributed by atoms with Crippen LogP contribution < -0.4 is 15.4 Å². The number of rotatable bonds is 7. The van der Waals surface area contributed by atoms with Crippen molar-refractivity contribution in [2.45, 2.75) is 38.8 Å². The van der Waals surface area contributed by atoms with E-state index < -0.39 is 9.84 Å². The summed E-state index contributed by atoms with van der Waals surface area (Å²) in [5.74, 6) is 2.42. The van der Waals surface area contributed by atoms with Gasteiger partial charge in [0.1, 0.15) is 0 Å². The topological polar surface area (TPSA) is 92.7 Å². The smallest absolute Gasteiger partial charge is 0.213 e. The molecule has 0 spiro atoms. The van der Waals surface area contributed by atoms with Crippen molar-refractivity contribution >= 4 is 15.8 Å². The van der Waals surface area contributed by atoms with E-state index in [-0.39, 0.29) is 17.5 Å². The van der Waals surface area contributed by atoms with Gasteiger partial charge in [-0.25, -0.2) is 18.4 Å². The van der Waals surface area contributed by atoms with Crippen LogP contribution in [-0.2, 0) is 16.4 Å². The van der Waals surface area contributed by atoms with E-state index in [4.69, 9.17) is 4.74 Å². The number of sulfone groups is 1. The van der Waals surface area contributed by atoms with Crippen LogP contribution >= 0.6 is 0 Å². The average molecular weight is 366 g/mol. The van der Waals surface area contributed by atoms with Crippen molar-refractivity contribution < 1.29 is 13.2 Å². The average Bonchev–Trinajstić information content (AvgIpc) is 3.35. The Bertz CT molecular complexity index is 699. The summed E-state index contributed by atoms with van der Waals surface area (Å²) in [5.41, 5.74) is 0.981. The van der Waals surface area contributed by atoms with Crippen molar-refractivity contribution in [2.24, 2.45) is 10.9 Å². The normalized spacial score (nSPS) is 22.6. The molecule has 1 atom stereocenters. The minimum absolute atomic E-state index is 0.0703. The zero-order valence-electron chi connectivity index (χ0n) is 14.6. The highest BCUT2D eigenvalue weighted by molar-refractivity contribution is 7.91. The molecule has 1 aromatic heterocycles. The maximum Gasteiger partial charge on any atom is 0.213 e. The molecular weight excluding hydrogens is 340 g/mol. The monoisotopic (exact) mass is 366 g/mol. The number of guanidine groups is 1. The number of aromatic nitrogens is 1. The van der Waals surface area contributed by atoms with Crippen LogP contribution in [0.4, 0.5) is 0 Å². The molecule has 138 valence electrons. The van der Waals surface area contributed by atoms with Gasteiger partial charge in [-0.1, -0.05) is 6.07 Å². The van der Waals surface area contributed by atoms with E-state index in [1.165, 1.54) is 12.8 Å². The van der Waals surface area contributed by atoms with Crippen LogP contribution in [0, 0.1) is 5.92 Å². The molecule has 8 heteroatoms. The summed E-state index contributed by atoms with van der Waals surface area (Å²) in [5, 5.41) is 6.37. The molecule has 3 rings (SSSR count). The van der Waals surface area contributed by atoms with E-state index in [1.54, 1.807) is 6.20 Å². The van der Waals surface area contributed by atoms with E-state index in [1.807, 2.05) is 19.1 Å². The Morgan fingerprint density at radius 1 is 1.36 bits per heavy atom. The van der Waals surface area contributed by atoms with Crippen molar-refractivity contribution in [1.82, 2.24) is 15.6 Å². The molecular formula is C17H26N4O3S. The third-order valence-electron chi connectivity index (χ3n) is 4.30. The van der Waals surface area contributed by atoms with Crippen LogP contribution in [0.1, 0.15) is 31.7 Å². The van der Waals surface area contributed by atoms with E-state index >= 15 is 0 Å². The second-order valence-electron chi connectivity index (χ2n) is 6.70. The minimum Gasteiger partial charge on any atom is -0.477 e. The quantitative estimate of drug-likeness (QED) is 0.555. The first-order valence-corrected chi connectivity index (χ1v) is 10.7. The number of nitrogens with one attached hydrogen (secondary N) is 2. The van der Waals surface area contributed by atoms with Gasteiger partial charge >= 0.3 is 0 Å². The Hall–Kier alpha value is -1.83. The molecule has 2 aliphatic rings. The van der Waals surface area contributed by atoms with Gasteiger partial charge in [0.25, 0.3) is 0 Å². The first-order chi connectivity index (χ1) is 12.0.